The number of aliphatic hydroxyl groups excluding tert-OH is 1. The van der Waals surface area contributed by atoms with E-state index in [1.807, 2.05) is 26.8 Å². The molecule has 18 heavy (non-hydrogen) atoms. The van der Waals surface area contributed by atoms with Crippen LogP contribution in [0.3, 0.4) is 0 Å². The topological polar surface area (TPSA) is 49.3 Å². The van der Waals surface area contributed by atoms with Gasteiger partial charge in [0.15, 0.2) is 0 Å². The van der Waals surface area contributed by atoms with Crippen molar-refractivity contribution in [2.45, 2.75) is 46.6 Å². The van der Waals surface area contributed by atoms with Crippen LogP contribution < -0.4 is 5.32 Å². The number of hydrogen-bond acceptors (Lipinski definition) is 3. The second-order valence-corrected chi connectivity index (χ2v) is 5.87. The van der Waals surface area contributed by atoms with Gasteiger partial charge in [-0.15, -0.1) is 11.3 Å². The van der Waals surface area contributed by atoms with E-state index in [4.69, 9.17) is 0 Å². The fraction of sp³-hybridized carbons (Fsp3) is 0.643. The van der Waals surface area contributed by atoms with Crippen LogP contribution in [0.2, 0.25) is 0 Å². The van der Waals surface area contributed by atoms with E-state index >= 15 is 0 Å². The lowest BCUT2D eigenvalue weighted by molar-refractivity contribution is 0.0853. The lowest BCUT2D eigenvalue weighted by Crippen LogP contribution is -2.35. The maximum atomic E-state index is 11.9. The summed E-state index contributed by atoms with van der Waals surface area (Å²) in [5, 5.41) is 12.6. The van der Waals surface area contributed by atoms with E-state index in [2.05, 4.69) is 12.2 Å². The predicted octanol–water partition coefficient (Wildman–Crippen LogP) is 2.76. The fourth-order valence-electron chi connectivity index (χ4n) is 1.74. The third kappa shape index (κ3) is 3.82. The maximum Gasteiger partial charge on any atom is 0.261 e. The van der Waals surface area contributed by atoms with Gasteiger partial charge in [-0.2, -0.15) is 0 Å². The van der Waals surface area contributed by atoms with Gasteiger partial charge in [0.1, 0.15) is 0 Å². The zero-order valence-corrected chi connectivity index (χ0v) is 12.4. The third-order valence-corrected chi connectivity index (χ3v) is 4.72. The summed E-state index contributed by atoms with van der Waals surface area (Å²) in [6.07, 6.45) is 1.40. The number of rotatable bonds is 6. The van der Waals surface area contributed by atoms with Crippen LogP contribution >= 0.6 is 11.3 Å². The van der Waals surface area contributed by atoms with Gasteiger partial charge in [-0.3, -0.25) is 4.79 Å². The van der Waals surface area contributed by atoms with Gasteiger partial charge in [0.05, 0.1) is 11.0 Å². The largest absolute Gasteiger partial charge is 0.391 e. The predicted molar refractivity (Wildman–Crippen MR) is 76.2 cm³/mol. The molecule has 0 spiro atoms. The summed E-state index contributed by atoms with van der Waals surface area (Å²) in [4.78, 5) is 13.9. The molecule has 0 fully saturated rings. The van der Waals surface area contributed by atoms with Crippen molar-refractivity contribution in [3.8, 4) is 0 Å². The first-order valence-electron chi connectivity index (χ1n) is 6.55. The molecule has 0 aliphatic rings. The van der Waals surface area contributed by atoms with Gasteiger partial charge in [0.2, 0.25) is 0 Å². The van der Waals surface area contributed by atoms with Crippen LogP contribution in [0, 0.1) is 12.8 Å². The van der Waals surface area contributed by atoms with Gasteiger partial charge < -0.3 is 10.4 Å². The normalized spacial score (nSPS) is 14.3. The van der Waals surface area contributed by atoms with Gasteiger partial charge in [-0.25, -0.2) is 0 Å². The van der Waals surface area contributed by atoms with Crippen LogP contribution in [0.15, 0.2) is 6.07 Å². The molecular weight excluding hydrogens is 246 g/mol. The van der Waals surface area contributed by atoms with Gasteiger partial charge in [0, 0.05) is 11.4 Å². The molecule has 0 bridgehead atoms. The van der Waals surface area contributed by atoms with Crippen LogP contribution in [0.1, 0.15) is 47.3 Å². The molecule has 1 heterocycles. The molecule has 102 valence electrons. The number of nitrogens with one attached hydrogen (secondary N) is 1. The Morgan fingerprint density at radius 1 is 1.50 bits per heavy atom. The van der Waals surface area contributed by atoms with Crippen LogP contribution in [0.25, 0.3) is 0 Å². The van der Waals surface area contributed by atoms with Crippen LogP contribution in [0.4, 0.5) is 0 Å². The van der Waals surface area contributed by atoms with Crippen molar-refractivity contribution in [1.29, 1.82) is 0 Å². The summed E-state index contributed by atoms with van der Waals surface area (Å²) in [5.41, 5.74) is 1.18. The number of aryl methyl sites for hydroxylation is 2. The van der Waals surface area contributed by atoms with E-state index in [1.165, 1.54) is 21.8 Å². The van der Waals surface area contributed by atoms with Gasteiger partial charge in [0.25, 0.3) is 5.91 Å². The standard InChI is InChI=1S/C14H23NO2S/c1-5-9(3)11(16)8-15-14(17)13-7-10(4)12(6-2)18-13/h7,9,11,16H,5-6,8H2,1-4H3,(H,15,17). The summed E-state index contributed by atoms with van der Waals surface area (Å²) in [5.74, 6) is 0.131. The molecule has 0 saturated heterocycles. The zero-order valence-electron chi connectivity index (χ0n) is 11.6. The SMILES string of the molecule is CCc1sc(C(=O)NCC(O)C(C)CC)cc1C. The quantitative estimate of drug-likeness (QED) is 0.834. The van der Waals surface area contributed by atoms with Crippen molar-refractivity contribution >= 4 is 17.2 Å². The first kappa shape index (κ1) is 15.2. The molecule has 0 saturated carbocycles. The molecule has 1 aromatic heterocycles. The Morgan fingerprint density at radius 3 is 2.67 bits per heavy atom. The average molecular weight is 269 g/mol. The molecule has 0 radical (unpaired) electrons. The summed E-state index contributed by atoms with van der Waals surface area (Å²) in [7, 11) is 0. The molecular formula is C14H23NO2S. The van der Waals surface area contributed by atoms with Gasteiger partial charge in [-0.05, 0) is 30.9 Å². The van der Waals surface area contributed by atoms with Crippen molar-refractivity contribution in [2.75, 3.05) is 6.54 Å². The molecule has 0 aliphatic heterocycles. The molecule has 1 rings (SSSR count). The maximum absolute atomic E-state index is 11.9. The third-order valence-electron chi connectivity index (χ3n) is 3.34. The Balaban J connectivity index is 2.55. The number of carbonyl (C=O) groups excluding carboxylic acids is 1. The van der Waals surface area contributed by atoms with E-state index in [0.717, 1.165) is 17.7 Å². The van der Waals surface area contributed by atoms with Crippen molar-refractivity contribution in [3.05, 3.63) is 21.4 Å². The minimum atomic E-state index is -0.467. The van der Waals surface area contributed by atoms with Gasteiger partial charge >= 0.3 is 0 Å². The van der Waals surface area contributed by atoms with Crippen molar-refractivity contribution < 1.29 is 9.90 Å². The lowest BCUT2D eigenvalue weighted by Gasteiger charge is -2.17. The molecule has 1 aromatic rings. The minimum absolute atomic E-state index is 0.0786. The Morgan fingerprint density at radius 2 is 2.17 bits per heavy atom. The Hall–Kier alpha value is -0.870. The first-order chi connectivity index (χ1) is 8.49. The van der Waals surface area contributed by atoms with Crippen molar-refractivity contribution in [2.24, 2.45) is 5.92 Å². The number of thiophene rings is 1. The molecule has 2 atom stereocenters. The first-order valence-corrected chi connectivity index (χ1v) is 7.36. The van der Waals surface area contributed by atoms with E-state index in [0.29, 0.717) is 6.54 Å². The Labute approximate surface area is 113 Å². The zero-order chi connectivity index (χ0) is 13.7. The highest BCUT2D eigenvalue weighted by Gasteiger charge is 2.15. The van der Waals surface area contributed by atoms with Crippen LogP contribution in [0.5, 0.6) is 0 Å². The molecule has 2 unspecified atom stereocenters. The molecule has 0 aromatic carbocycles. The van der Waals surface area contributed by atoms with E-state index in [-0.39, 0.29) is 11.8 Å². The summed E-state index contributed by atoms with van der Waals surface area (Å²) in [6, 6.07) is 1.93. The van der Waals surface area contributed by atoms with E-state index < -0.39 is 6.10 Å². The number of hydrogen-bond donors (Lipinski definition) is 2. The summed E-state index contributed by atoms with van der Waals surface area (Å²) < 4.78 is 0. The average Bonchev–Trinajstić information content (AvgIpc) is 2.75. The van der Waals surface area contributed by atoms with E-state index in [1.54, 1.807) is 0 Å². The van der Waals surface area contributed by atoms with Crippen molar-refractivity contribution in [3.63, 3.8) is 0 Å². The van der Waals surface area contributed by atoms with Gasteiger partial charge in [-0.1, -0.05) is 27.2 Å². The number of amides is 1. The molecule has 4 heteroatoms. The number of aliphatic hydroxyl groups is 1. The molecule has 0 aliphatic carbocycles. The second-order valence-electron chi connectivity index (χ2n) is 4.73. The van der Waals surface area contributed by atoms with E-state index in [9.17, 15) is 9.90 Å². The Bertz CT molecular complexity index is 400. The monoisotopic (exact) mass is 269 g/mol. The van der Waals surface area contributed by atoms with Crippen LogP contribution in [-0.2, 0) is 6.42 Å². The van der Waals surface area contributed by atoms with Crippen molar-refractivity contribution in [1.82, 2.24) is 5.32 Å². The summed E-state index contributed by atoms with van der Waals surface area (Å²) >= 11 is 1.54. The highest BCUT2D eigenvalue weighted by Crippen LogP contribution is 2.22. The smallest absolute Gasteiger partial charge is 0.261 e. The van der Waals surface area contributed by atoms with Crippen LogP contribution in [-0.4, -0.2) is 23.7 Å². The highest BCUT2D eigenvalue weighted by atomic mass is 32.1. The minimum Gasteiger partial charge on any atom is -0.391 e. The summed E-state index contributed by atoms with van der Waals surface area (Å²) in [6.45, 7) is 8.47. The molecule has 1 amide bonds. The fourth-order valence-corrected chi connectivity index (χ4v) is 2.77. The molecule has 2 N–H and O–H groups in total. The lowest BCUT2D eigenvalue weighted by atomic mass is 10.0. The molecule has 3 nitrogen and oxygen atoms in total. The highest BCUT2D eigenvalue weighted by molar-refractivity contribution is 7.14. The second kappa shape index (κ2) is 6.90. The number of carbonyl (C=O) groups is 1. The Kier molecular flexibility index (Phi) is 5.82.